The summed E-state index contributed by atoms with van der Waals surface area (Å²) < 4.78 is 0. The van der Waals surface area contributed by atoms with Crippen molar-refractivity contribution in [1.29, 1.82) is 0 Å². The highest BCUT2D eigenvalue weighted by atomic mass is 35.5. The van der Waals surface area contributed by atoms with E-state index in [4.69, 9.17) is 11.6 Å². The number of hydrogen-bond donors (Lipinski definition) is 1. The Morgan fingerprint density at radius 2 is 2.21 bits per heavy atom. The SMILES string of the molecule is CNc1cc(C(=O)N2CCCC(C)C2C)cc(Cl)n1. The summed E-state index contributed by atoms with van der Waals surface area (Å²) in [5, 5.41) is 3.26. The van der Waals surface area contributed by atoms with Crippen molar-refractivity contribution in [2.75, 3.05) is 18.9 Å². The maximum Gasteiger partial charge on any atom is 0.254 e. The minimum Gasteiger partial charge on any atom is -0.373 e. The molecule has 1 aliphatic rings. The summed E-state index contributed by atoms with van der Waals surface area (Å²) in [6.45, 7) is 5.13. The topological polar surface area (TPSA) is 45.2 Å². The lowest BCUT2D eigenvalue weighted by Gasteiger charge is -2.38. The van der Waals surface area contributed by atoms with Crippen molar-refractivity contribution in [3.05, 3.63) is 22.8 Å². The van der Waals surface area contributed by atoms with Gasteiger partial charge in [-0.05, 0) is 37.8 Å². The molecule has 0 aromatic carbocycles. The molecule has 104 valence electrons. The second-order valence-corrected chi connectivity index (χ2v) is 5.56. The van der Waals surface area contributed by atoms with E-state index in [9.17, 15) is 4.79 Å². The standard InChI is InChI=1S/C14H20ClN3O/c1-9-5-4-6-18(10(9)2)14(19)11-7-12(15)17-13(8-11)16-3/h7-10H,4-6H2,1-3H3,(H,16,17). The Hall–Kier alpha value is -1.29. The Balaban J connectivity index is 2.25. The maximum absolute atomic E-state index is 12.6. The van der Waals surface area contributed by atoms with Crippen LogP contribution in [0.2, 0.25) is 5.15 Å². The Morgan fingerprint density at radius 1 is 1.47 bits per heavy atom. The lowest BCUT2D eigenvalue weighted by Crippen LogP contribution is -2.46. The number of likely N-dealkylation sites (tertiary alicyclic amines) is 1. The first-order chi connectivity index (χ1) is 9.02. The number of anilines is 1. The molecule has 1 amide bonds. The number of halogens is 1. The van der Waals surface area contributed by atoms with Crippen molar-refractivity contribution in [3.63, 3.8) is 0 Å². The van der Waals surface area contributed by atoms with E-state index in [1.54, 1.807) is 19.2 Å². The third-order valence-electron chi connectivity index (χ3n) is 3.93. The van der Waals surface area contributed by atoms with Crippen LogP contribution in [0.3, 0.4) is 0 Å². The molecular weight excluding hydrogens is 262 g/mol. The van der Waals surface area contributed by atoms with Gasteiger partial charge in [-0.1, -0.05) is 18.5 Å². The fraction of sp³-hybridized carbons (Fsp3) is 0.571. The van der Waals surface area contributed by atoms with Crippen LogP contribution in [0.15, 0.2) is 12.1 Å². The fourth-order valence-electron chi connectivity index (χ4n) is 2.54. The number of carbonyl (C=O) groups is 1. The number of nitrogens with zero attached hydrogens (tertiary/aromatic N) is 2. The zero-order valence-electron chi connectivity index (χ0n) is 11.6. The van der Waals surface area contributed by atoms with Gasteiger partial charge in [0, 0.05) is 25.2 Å². The van der Waals surface area contributed by atoms with E-state index in [1.165, 1.54) is 6.42 Å². The predicted octanol–water partition coefficient (Wildman–Crippen LogP) is 3.04. The van der Waals surface area contributed by atoms with Crippen molar-refractivity contribution >= 4 is 23.3 Å². The zero-order valence-corrected chi connectivity index (χ0v) is 12.4. The van der Waals surface area contributed by atoms with Gasteiger partial charge >= 0.3 is 0 Å². The zero-order chi connectivity index (χ0) is 14.0. The minimum atomic E-state index is 0.0415. The van der Waals surface area contributed by atoms with E-state index < -0.39 is 0 Å². The molecule has 1 aliphatic heterocycles. The highest BCUT2D eigenvalue weighted by Crippen LogP contribution is 2.25. The van der Waals surface area contributed by atoms with E-state index in [1.807, 2.05) is 4.90 Å². The van der Waals surface area contributed by atoms with Crippen molar-refractivity contribution in [2.45, 2.75) is 32.7 Å². The summed E-state index contributed by atoms with van der Waals surface area (Å²) in [5.74, 6) is 1.20. The molecule has 2 rings (SSSR count). The van der Waals surface area contributed by atoms with Crippen LogP contribution in [-0.4, -0.2) is 35.4 Å². The van der Waals surface area contributed by atoms with Crippen LogP contribution in [0.1, 0.15) is 37.0 Å². The van der Waals surface area contributed by atoms with Crippen molar-refractivity contribution in [1.82, 2.24) is 9.88 Å². The number of hydrogen-bond acceptors (Lipinski definition) is 3. The molecule has 0 spiro atoms. The number of piperidine rings is 1. The summed E-state index contributed by atoms with van der Waals surface area (Å²) in [7, 11) is 1.76. The highest BCUT2D eigenvalue weighted by Gasteiger charge is 2.29. The van der Waals surface area contributed by atoms with Gasteiger partial charge in [-0.25, -0.2) is 4.98 Å². The Kier molecular flexibility index (Phi) is 4.30. The highest BCUT2D eigenvalue weighted by molar-refractivity contribution is 6.29. The smallest absolute Gasteiger partial charge is 0.254 e. The fourth-order valence-corrected chi connectivity index (χ4v) is 2.74. The summed E-state index contributed by atoms with van der Waals surface area (Å²) in [4.78, 5) is 18.6. The molecule has 5 heteroatoms. The molecule has 2 heterocycles. The Labute approximate surface area is 119 Å². The number of carbonyl (C=O) groups excluding carboxylic acids is 1. The van der Waals surface area contributed by atoms with E-state index >= 15 is 0 Å². The number of nitrogens with one attached hydrogen (secondary N) is 1. The first kappa shape index (κ1) is 14.1. The van der Waals surface area contributed by atoms with Crippen LogP contribution < -0.4 is 5.32 Å². The molecule has 0 bridgehead atoms. The molecular formula is C14H20ClN3O. The molecule has 0 saturated carbocycles. The normalized spacial score (nSPS) is 23.3. The van der Waals surface area contributed by atoms with Gasteiger partial charge in [0.2, 0.25) is 0 Å². The molecule has 0 radical (unpaired) electrons. The largest absolute Gasteiger partial charge is 0.373 e. The van der Waals surface area contributed by atoms with Crippen LogP contribution in [0.25, 0.3) is 0 Å². The first-order valence-electron chi connectivity index (χ1n) is 6.69. The van der Waals surface area contributed by atoms with Crippen LogP contribution in [0.5, 0.6) is 0 Å². The van der Waals surface area contributed by atoms with Crippen LogP contribution >= 0.6 is 11.6 Å². The number of rotatable bonds is 2. The average molecular weight is 282 g/mol. The second kappa shape index (κ2) is 5.78. The molecule has 1 aromatic heterocycles. The van der Waals surface area contributed by atoms with E-state index in [0.29, 0.717) is 22.5 Å². The van der Waals surface area contributed by atoms with Gasteiger partial charge in [0.25, 0.3) is 5.91 Å². The molecule has 4 nitrogen and oxygen atoms in total. The van der Waals surface area contributed by atoms with Crippen LogP contribution in [0.4, 0.5) is 5.82 Å². The number of amides is 1. The summed E-state index contributed by atoms with van der Waals surface area (Å²) in [6.07, 6.45) is 2.25. The van der Waals surface area contributed by atoms with E-state index in [-0.39, 0.29) is 11.9 Å². The van der Waals surface area contributed by atoms with Crippen molar-refractivity contribution in [2.24, 2.45) is 5.92 Å². The third kappa shape index (κ3) is 3.00. The van der Waals surface area contributed by atoms with Gasteiger partial charge in [-0.3, -0.25) is 4.79 Å². The molecule has 2 atom stereocenters. The molecule has 1 N–H and O–H groups in total. The van der Waals surface area contributed by atoms with Gasteiger partial charge in [-0.15, -0.1) is 0 Å². The maximum atomic E-state index is 12.6. The molecule has 0 aliphatic carbocycles. The van der Waals surface area contributed by atoms with Gasteiger partial charge in [0.15, 0.2) is 0 Å². The second-order valence-electron chi connectivity index (χ2n) is 5.17. The van der Waals surface area contributed by atoms with Crippen molar-refractivity contribution in [3.8, 4) is 0 Å². The van der Waals surface area contributed by atoms with Gasteiger partial charge in [0.1, 0.15) is 11.0 Å². The van der Waals surface area contributed by atoms with E-state index in [0.717, 1.165) is 13.0 Å². The third-order valence-corrected chi connectivity index (χ3v) is 4.13. The molecule has 1 saturated heterocycles. The van der Waals surface area contributed by atoms with Crippen molar-refractivity contribution < 1.29 is 4.79 Å². The molecule has 1 aromatic rings. The first-order valence-corrected chi connectivity index (χ1v) is 7.07. The van der Waals surface area contributed by atoms with E-state index in [2.05, 4.69) is 24.1 Å². The lowest BCUT2D eigenvalue weighted by atomic mass is 9.91. The molecule has 2 unspecified atom stereocenters. The monoisotopic (exact) mass is 281 g/mol. The lowest BCUT2D eigenvalue weighted by molar-refractivity contribution is 0.0551. The summed E-state index contributed by atoms with van der Waals surface area (Å²) in [6, 6.07) is 3.66. The average Bonchev–Trinajstić information content (AvgIpc) is 2.40. The Morgan fingerprint density at radius 3 is 2.89 bits per heavy atom. The van der Waals surface area contributed by atoms with Gasteiger partial charge in [-0.2, -0.15) is 0 Å². The van der Waals surface area contributed by atoms with Gasteiger partial charge in [0.05, 0.1) is 0 Å². The number of aromatic nitrogens is 1. The predicted molar refractivity (Wildman–Crippen MR) is 77.7 cm³/mol. The van der Waals surface area contributed by atoms with Crippen LogP contribution in [0, 0.1) is 5.92 Å². The molecule has 19 heavy (non-hydrogen) atoms. The number of pyridine rings is 1. The summed E-state index contributed by atoms with van der Waals surface area (Å²) in [5.41, 5.74) is 0.602. The van der Waals surface area contributed by atoms with Gasteiger partial charge < -0.3 is 10.2 Å². The molecule has 1 fully saturated rings. The quantitative estimate of drug-likeness (QED) is 0.848. The van der Waals surface area contributed by atoms with Crippen LogP contribution in [-0.2, 0) is 0 Å². The minimum absolute atomic E-state index is 0.0415. The summed E-state index contributed by atoms with van der Waals surface area (Å²) >= 11 is 5.95. The Bertz CT molecular complexity index is 478.